The molecule has 0 saturated carbocycles. The summed E-state index contributed by atoms with van der Waals surface area (Å²) in [5.41, 5.74) is 7.05. The molecule has 1 unspecified atom stereocenters. The van der Waals surface area contributed by atoms with Crippen molar-refractivity contribution in [1.29, 1.82) is 0 Å². The summed E-state index contributed by atoms with van der Waals surface area (Å²) >= 11 is 6.59. The van der Waals surface area contributed by atoms with Crippen molar-refractivity contribution in [1.82, 2.24) is 4.98 Å². The average Bonchev–Trinajstić information content (AvgIpc) is 2.32. The standard InChI is InChI=1S/C12H9Br2FN2/c13-7-1-3-10(15)9(5-7)12(16)11-4-2-8(14)6-17-11/h1-6,12H,16H2. The van der Waals surface area contributed by atoms with Crippen LogP contribution in [-0.2, 0) is 0 Å². The third-order valence-electron chi connectivity index (χ3n) is 2.36. The van der Waals surface area contributed by atoms with Gasteiger partial charge < -0.3 is 5.73 Å². The minimum Gasteiger partial charge on any atom is -0.319 e. The number of nitrogens with zero attached hydrogens (tertiary/aromatic N) is 1. The number of benzene rings is 1. The summed E-state index contributed by atoms with van der Waals surface area (Å²) in [5, 5.41) is 0. The zero-order valence-electron chi connectivity index (χ0n) is 8.70. The normalized spacial score (nSPS) is 12.5. The van der Waals surface area contributed by atoms with E-state index in [4.69, 9.17) is 5.73 Å². The number of hydrogen-bond donors (Lipinski definition) is 1. The van der Waals surface area contributed by atoms with Crippen molar-refractivity contribution in [3.63, 3.8) is 0 Å². The van der Waals surface area contributed by atoms with Crippen LogP contribution in [0.4, 0.5) is 4.39 Å². The monoisotopic (exact) mass is 358 g/mol. The third-order valence-corrected chi connectivity index (χ3v) is 3.32. The zero-order valence-corrected chi connectivity index (χ0v) is 11.9. The second-order valence-corrected chi connectivity index (χ2v) is 5.38. The van der Waals surface area contributed by atoms with E-state index in [1.807, 2.05) is 6.07 Å². The smallest absolute Gasteiger partial charge is 0.128 e. The van der Waals surface area contributed by atoms with Gasteiger partial charge in [0.25, 0.3) is 0 Å². The topological polar surface area (TPSA) is 38.9 Å². The van der Waals surface area contributed by atoms with E-state index in [1.165, 1.54) is 6.07 Å². The predicted octanol–water partition coefficient (Wildman–Crippen LogP) is 3.79. The molecular weight excluding hydrogens is 351 g/mol. The van der Waals surface area contributed by atoms with Crippen LogP contribution in [0.3, 0.4) is 0 Å². The second kappa shape index (κ2) is 5.25. The summed E-state index contributed by atoms with van der Waals surface area (Å²) in [5.74, 6) is -0.328. The lowest BCUT2D eigenvalue weighted by Gasteiger charge is -2.12. The van der Waals surface area contributed by atoms with Gasteiger partial charge in [-0.3, -0.25) is 4.98 Å². The molecule has 5 heteroatoms. The highest BCUT2D eigenvalue weighted by atomic mass is 79.9. The Morgan fingerprint density at radius 3 is 2.47 bits per heavy atom. The van der Waals surface area contributed by atoms with Crippen LogP contribution in [-0.4, -0.2) is 4.98 Å². The largest absolute Gasteiger partial charge is 0.319 e. The SMILES string of the molecule is NC(c1ccc(Br)cn1)c1cc(Br)ccc1F. The number of halogens is 3. The van der Waals surface area contributed by atoms with Crippen LogP contribution in [0.5, 0.6) is 0 Å². The van der Waals surface area contributed by atoms with Gasteiger partial charge in [0.15, 0.2) is 0 Å². The Morgan fingerprint density at radius 2 is 1.82 bits per heavy atom. The van der Waals surface area contributed by atoms with Crippen LogP contribution in [0, 0.1) is 5.82 Å². The fourth-order valence-electron chi connectivity index (χ4n) is 1.48. The summed E-state index contributed by atoms with van der Waals surface area (Å²) in [6.45, 7) is 0. The molecule has 17 heavy (non-hydrogen) atoms. The van der Waals surface area contributed by atoms with Gasteiger partial charge in [0, 0.05) is 20.7 Å². The first-order valence-corrected chi connectivity index (χ1v) is 6.48. The van der Waals surface area contributed by atoms with Crippen LogP contribution in [0.15, 0.2) is 45.5 Å². The minimum absolute atomic E-state index is 0.328. The maximum atomic E-state index is 13.6. The Kier molecular flexibility index (Phi) is 3.91. The van der Waals surface area contributed by atoms with Gasteiger partial charge in [-0.2, -0.15) is 0 Å². The molecule has 0 bridgehead atoms. The number of rotatable bonds is 2. The highest BCUT2D eigenvalue weighted by Gasteiger charge is 2.15. The molecule has 2 rings (SSSR count). The fourth-order valence-corrected chi connectivity index (χ4v) is 2.10. The van der Waals surface area contributed by atoms with Gasteiger partial charge in [-0.1, -0.05) is 15.9 Å². The number of nitrogens with two attached hydrogens (primary N) is 1. The molecule has 1 atom stereocenters. The molecule has 0 spiro atoms. The average molecular weight is 360 g/mol. The van der Waals surface area contributed by atoms with Crippen molar-refractivity contribution in [2.24, 2.45) is 5.73 Å². The predicted molar refractivity (Wildman–Crippen MR) is 72.1 cm³/mol. The first kappa shape index (κ1) is 12.7. The Morgan fingerprint density at radius 1 is 1.12 bits per heavy atom. The summed E-state index contributed by atoms with van der Waals surface area (Å²) in [7, 11) is 0. The van der Waals surface area contributed by atoms with Crippen molar-refractivity contribution in [2.75, 3.05) is 0 Å². The molecule has 0 aliphatic carbocycles. The summed E-state index contributed by atoms with van der Waals surface area (Å²) in [6, 6.07) is 7.73. The molecule has 1 aromatic carbocycles. The van der Waals surface area contributed by atoms with Gasteiger partial charge in [-0.25, -0.2) is 4.39 Å². The molecule has 2 nitrogen and oxygen atoms in total. The van der Waals surface area contributed by atoms with E-state index < -0.39 is 6.04 Å². The van der Waals surface area contributed by atoms with Gasteiger partial charge in [-0.15, -0.1) is 0 Å². The highest BCUT2D eigenvalue weighted by Crippen LogP contribution is 2.24. The first-order valence-electron chi connectivity index (χ1n) is 4.90. The second-order valence-electron chi connectivity index (χ2n) is 3.54. The van der Waals surface area contributed by atoms with Gasteiger partial charge in [0.1, 0.15) is 5.82 Å². The Hall–Kier alpha value is -0.780. The highest BCUT2D eigenvalue weighted by molar-refractivity contribution is 9.10. The number of pyridine rings is 1. The van der Waals surface area contributed by atoms with E-state index in [0.717, 1.165) is 8.95 Å². The van der Waals surface area contributed by atoms with Crippen molar-refractivity contribution in [3.05, 3.63) is 62.5 Å². The van der Waals surface area contributed by atoms with Gasteiger partial charge >= 0.3 is 0 Å². The lowest BCUT2D eigenvalue weighted by Crippen LogP contribution is -2.15. The molecule has 0 aliphatic heterocycles. The van der Waals surface area contributed by atoms with Crippen molar-refractivity contribution >= 4 is 31.9 Å². The van der Waals surface area contributed by atoms with E-state index >= 15 is 0 Å². The van der Waals surface area contributed by atoms with E-state index in [9.17, 15) is 4.39 Å². The quantitative estimate of drug-likeness (QED) is 0.885. The van der Waals surface area contributed by atoms with Gasteiger partial charge in [0.2, 0.25) is 0 Å². The lowest BCUT2D eigenvalue weighted by atomic mass is 10.0. The lowest BCUT2D eigenvalue weighted by molar-refractivity contribution is 0.596. The van der Waals surface area contributed by atoms with E-state index in [-0.39, 0.29) is 5.82 Å². The molecule has 0 fully saturated rings. The maximum absolute atomic E-state index is 13.6. The van der Waals surface area contributed by atoms with Crippen LogP contribution in [0.25, 0.3) is 0 Å². The third kappa shape index (κ3) is 2.91. The zero-order chi connectivity index (χ0) is 12.4. The fraction of sp³-hybridized carbons (Fsp3) is 0.0833. The van der Waals surface area contributed by atoms with Crippen LogP contribution in [0.2, 0.25) is 0 Å². The Labute approximate surface area is 115 Å². The molecule has 1 aromatic heterocycles. The van der Waals surface area contributed by atoms with E-state index in [1.54, 1.807) is 24.4 Å². The molecule has 0 aliphatic rings. The van der Waals surface area contributed by atoms with Crippen molar-refractivity contribution < 1.29 is 4.39 Å². The Bertz CT molecular complexity index is 529. The molecule has 2 N–H and O–H groups in total. The molecule has 1 heterocycles. The number of hydrogen-bond acceptors (Lipinski definition) is 2. The Balaban J connectivity index is 2.39. The van der Waals surface area contributed by atoms with Crippen LogP contribution < -0.4 is 5.73 Å². The molecule has 0 radical (unpaired) electrons. The van der Waals surface area contributed by atoms with Crippen LogP contribution >= 0.6 is 31.9 Å². The molecule has 88 valence electrons. The van der Waals surface area contributed by atoms with Crippen molar-refractivity contribution in [2.45, 2.75) is 6.04 Å². The summed E-state index contributed by atoms with van der Waals surface area (Å²) < 4.78 is 15.3. The van der Waals surface area contributed by atoms with E-state index in [0.29, 0.717) is 11.3 Å². The van der Waals surface area contributed by atoms with Crippen molar-refractivity contribution in [3.8, 4) is 0 Å². The van der Waals surface area contributed by atoms with Gasteiger partial charge in [0.05, 0.1) is 11.7 Å². The first-order chi connectivity index (χ1) is 8.08. The van der Waals surface area contributed by atoms with E-state index in [2.05, 4.69) is 36.8 Å². The van der Waals surface area contributed by atoms with Crippen LogP contribution in [0.1, 0.15) is 17.3 Å². The minimum atomic E-state index is -0.569. The molecule has 0 amide bonds. The molecule has 0 saturated heterocycles. The van der Waals surface area contributed by atoms with Gasteiger partial charge in [-0.05, 0) is 46.3 Å². The molecular formula is C12H9Br2FN2. The maximum Gasteiger partial charge on any atom is 0.128 e. The number of aromatic nitrogens is 1. The summed E-state index contributed by atoms with van der Waals surface area (Å²) in [4.78, 5) is 4.17. The molecule has 2 aromatic rings. The summed E-state index contributed by atoms with van der Waals surface area (Å²) in [6.07, 6.45) is 1.64.